The second kappa shape index (κ2) is 4.77. The van der Waals surface area contributed by atoms with E-state index >= 15 is 0 Å². The van der Waals surface area contributed by atoms with Crippen LogP contribution in [-0.2, 0) is 0 Å². The van der Waals surface area contributed by atoms with Gasteiger partial charge in [0, 0.05) is 16.5 Å². The maximum absolute atomic E-state index is 13.9. The molecule has 0 atom stereocenters. The highest BCUT2D eigenvalue weighted by Crippen LogP contribution is 2.25. The Bertz CT molecular complexity index is 826. The van der Waals surface area contributed by atoms with Gasteiger partial charge in [0.2, 0.25) is 5.43 Å². The highest BCUT2D eigenvalue weighted by molar-refractivity contribution is 14.1. The Morgan fingerprint density at radius 1 is 1.00 bits per heavy atom. The number of benzene rings is 2. The van der Waals surface area contributed by atoms with E-state index in [0.29, 0.717) is 25.7 Å². The van der Waals surface area contributed by atoms with Crippen LogP contribution in [0.1, 0.15) is 0 Å². The Balaban J connectivity index is 2.40. The second-order valence-electron chi connectivity index (χ2n) is 4.17. The Hall–Kier alpha value is -1.69. The van der Waals surface area contributed by atoms with E-state index in [2.05, 4.69) is 4.98 Å². The fourth-order valence-electron chi connectivity index (χ4n) is 2.06. The number of para-hydroxylation sites is 1. The standard InChI is InChI=1S/C15H9FINO/c16-11-7-3-1-5-9(11)14-13(17)15(19)10-6-2-4-8-12(10)18-14/h1-8H,(H,18,19). The molecular formula is C15H9FINO. The second-order valence-corrected chi connectivity index (χ2v) is 5.25. The van der Waals surface area contributed by atoms with Crippen molar-refractivity contribution < 1.29 is 4.39 Å². The molecule has 4 heteroatoms. The van der Waals surface area contributed by atoms with Gasteiger partial charge >= 0.3 is 0 Å². The fourth-order valence-corrected chi connectivity index (χ4v) is 2.78. The van der Waals surface area contributed by atoms with E-state index in [9.17, 15) is 9.18 Å². The van der Waals surface area contributed by atoms with Crippen molar-refractivity contribution in [3.05, 3.63) is 68.1 Å². The number of pyridine rings is 1. The molecule has 19 heavy (non-hydrogen) atoms. The quantitative estimate of drug-likeness (QED) is 0.651. The number of hydrogen-bond donors (Lipinski definition) is 1. The van der Waals surface area contributed by atoms with Crippen LogP contribution in [0.4, 0.5) is 4.39 Å². The molecule has 2 nitrogen and oxygen atoms in total. The predicted octanol–water partition coefficient (Wildman–Crippen LogP) is 3.94. The molecule has 0 aliphatic rings. The third-order valence-electron chi connectivity index (χ3n) is 2.99. The normalized spacial score (nSPS) is 10.8. The lowest BCUT2D eigenvalue weighted by atomic mass is 10.1. The molecule has 0 radical (unpaired) electrons. The van der Waals surface area contributed by atoms with Gasteiger partial charge in [0.05, 0.1) is 9.26 Å². The first-order chi connectivity index (χ1) is 9.18. The van der Waals surface area contributed by atoms with Gasteiger partial charge in [0.15, 0.2) is 0 Å². The van der Waals surface area contributed by atoms with Crippen LogP contribution in [0.2, 0.25) is 0 Å². The molecule has 1 aromatic heterocycles. The van der Waals surface area contributed by atoms with Crippen molar-refractivity contribution in [2.45, 2.75) is 0 Å². The highest BCUT2D eigenvalue weighted by Gasteiger charge is 2.13. The van der Waals surface area contributed by atoms with Crippen LogP contribution < -0.4 is 5.43 Å². The molecule has 3 rings (SSSR count). The first-order valence-corrected chi connectivity index (χ1v) is 6.82. The summed E-state index contributed by atoms with van der Waals surface area (Å²) < 4.78 is 14.4. The van der Waals surface area contributed by atoms with Gasteiger partial charge in [-0.1, -0.05) is 24.3 Å². The van der Waals surface area contributed by atoms with E-state index in [1.807, 2.05) is 40.8 Å². The fraction of sp³-hybridized carbons (Fsp3) is 0. The molecule has 0 aliphatic carbocycles. The van der Waals surface area contributed by atoms with Crippen LogP contribution in [0, 0.1) is 9.39 Å². The van der Waals surface area contributed by atoms with Crippen molar-refractivity contribution in [1.29, 1.82) is 0 Å². The van der Waals surface area contributed by atoms with Crippen LogP contribution in [0.25, 0.3) is 22.2 Å². The van der Waals surface area contributed by atoms with Crippen LogP contribution in [0.15, 0.2) is 53.3 Å². The summed E-state index contributed by atoms with van der Waals surface area (Å²) in [6, 6.07) is 13.7. The van der Waals surface area contributed by atoms with Crippen molar-refractivity contribution in [1.82, 2.24) is 4.98 Å². The lowest BCUT2D eigenvalue weighted by molar-refractivity contribution is 0.630. The summed E-state index contributed by atoms with van der Waals surface area (Å²) in [6.45, 7) is 0. The molecule has 3 aromatic rings. The van der Waals surface area contributed by atoms with E-state index in [-0.39, 0.29) is 11.2 Å². The molecular weight excluding hydrogens is 356 g/mol. The van der Waals surface area contributed by atoms with E-state index < -0.39 is 0 Å². The molecule has 0 saturated carbocycles. The number of H-pyrrole nitrogens is 1. The maximum atomic E-state index is 13.9. The minimum atomic E-state index is -0.341. The summed E-state index contributed by atoms with van der Waals surface area (Å²) in [5, 5.41) is 0.618. The molecule has 1 N–H and O–H groups in total. The van der Waals surface area contributed by atoms with Crippen LogP contribution in [0.5, 0.6) is 0 Å². The number of aromatic amines is 1. The first kappa shape index (κ1) is 12.3. The molecule has 0 fully saturated rings. The molecule has 2 aromatic carbocycles. The zero-order valence-electron chi connectivity index (χ0n) is 9.78. The number of nitrogens with one attached hydrogen (secondary N) is 1. The third kappa shape index (κ3) is 2.06. The van der Waals surface area contributed by atoms with E-state index in [0.717, 1.165) is 0 Å². The van der Waals surface area contributed by atoms with Crippen molar-refractivity contribution >= 4 is 33.5 Å². The molecule has 94 valence electrons. The monoisotopic (exact) mass is 365 g/mol. The average molecular weight is 365 g/mol. The van der Waals surface area contributed by atoms with Crippen molar-refractivity contribution in [3.8, 4) is 11.3 Å². The SMILES string of the molecule is O=c1c(I)c(-c2ccccc2F)[nH]c2ccccc12. The summed E-state index contributed by atoms with van der Waals surface area (Å²) in [7, 11) is 0. The lowest BCUT2D eigenvalue weighted by Crippen LogP contribution is -2.10. The van der Waals surface area contributed by atoms with Crippen LogP contribution >= 0.6 is 22.6 Å². The van der Waals surface area contributed by atoms with Crippen LogP contribution in [0.3, 0.4) is 0 Å². The molecule has 0 amide bonds. The Labute approximate surface area is 122 Å². The van der Waals surface area contributed by atoms with Gasteiger partial charge < -0.3 is 4.98 Å². The Kier molecular flexibility index (Phi) is 3.10. The zero-order chi connectivity index (χ0) is 13.4. The highest BCUT2D eigenvalue weighted by atomic mass is 127. The number of fused-ring (bicyclic) bond motifs is 1. The number of rotatable bonds is 1. The first-order valence-electron chi connectivity index (χ1n) is 5.74. The van der Waals surface area contributed by atoms with E-state index in [4.69, 9.17) is 0 Å². The molecule has 0 unspecified atom stereocenters. The summed E-state index contributed by atoms with van der Waals surface area (Å²) in [5.41, 5.74) is 1.58. The smallest absolute Gasteiger partial charge is 0.203 e. The van der Waals surface area contributed by atoms with Crippen molar-refractivity contribution in [2.75, 3.05) is 0 Å². The third-order valence-corrected chi connectivity index (χ3v) is 4.02. The Morgan fingerprint density at radius 2 is 1.68 bits per heavy atom. The summed E-state index contributed by atoms with van der Waals surface area (Å²) in [5.74, 6) is -0.341. The van der Waals surface area contributed by atoms with Crippen molar-refractivity contribution in [3.63, 3.8) is 0 Å². The van der Waals surface area contributed by atoms with Gasteiger partial charge in [0.1, 0.15) is 5.82 Å². The van der Waals surface area contributed by atoms with Gasteiger partial charge in [-0.25, -0.2) is 4.39 Å². The molecule has 0 spiro atoms. The average Bonchev–Trinajstić information content (AvgIpc) is 2.44. The van der Waals surface area contributed by atoms with Crippen LogP contribution in [-0.4, -0.2) is 4.98 Å². The summed E-state index contributed by atoms with van der Waals surface area (Å²) in [4.78, 5) is 15.4. The summed E-state index contributed by atoms with van der Waals surface area (Å²) in [6.07, 6.45) is 0. The van der Waals surface area contributed by atoms with Gasteiger partial charge in [-0.3, -0.25) is 4.79 Å². The number of halogens is 2. The van der Waals surface area contributed by atoms with Gasteiger partial charge in [-0.05, 0) is 46.9 Å². The molecule has 0 bridgehead atoms. The topological polar surface area (TPSA) is 32.9 Å². The van der Waals surface area contributed by atoms with Crippen molar-refractivity contribution in [2.24, 2.45) is 0 Å². The minimum Gasteiger partial charge on any atom is -0.353 e. The van der Waals surface area contributed by atoms with E-state index in [1.54, 1.807) is 24.3 Å². The molecule has 0 saturated heterocycles. The Morgan fingerprint density at radius 3 is 2.47 bits per heavy atom. The van der Waals surface area contributed by atoms with E-state index in [1.165, 1.54) is 6.07 Å². The minimum absolute atomic E-state index is 0.0757. The zero-order valence-corrected chi connectivity index (χ0v) is 11.9. The largest absolute Gasteiger partial charge is 0.353 e. The lowest BCUT2D eigenvalue weighted by Gasteiger charge is -2.08. The predicted molar refractivity (Wildman–Crippen MR) is 82.7 cm³/mol. The maximum Gasteiger partial charge on any atom is 0.203 e. The molecule has 1 heterocycles. The number of hydrogen-bond acceptors (Lipinski definition) is 1. The number of aromatic nitrogens is 1. The van der Waals surface area contributed by atoms with Gasteiger partial charge in [-0.2, -0.15) is 0 Å². The van der Waals surface area contributed by atoms with Gasteiger partial charge in [-0.15, -0.1) is 0 Å². The summed E-state index contributed by atoms with van der Waals surface area (Å²) >= 11 is 1.96. The molecule has 0 aliphatic heterocycles. The van der Waals surface area contributed by atoms with Gasteiger partial charge in [0.25, 0.3) is 0 Å².